The molecule has 3 saturated heterocycles. The van der Waals surface area contributed by atoms with Crippen molar-refractivity contribution in [3.63, 3.8) is 0 Å². The molecule has 3 aromatic carbocycles. The highest BCUT2D eigenvalue weighted by molar-refractivity contribution is 6.04. The van der Waals surface area contributed by atoms with Crippen LogP contribution in [0.4, 0.5) is 14.6 Å². The summed E-state index contributed by atoms with van der Waals surface area (Å²) in [7, 11) is 0. The fraction of sp³-hybridized carbons (Fsp3) is 0.412. The van der Waals surface area contributed by atoms with E-state index in [4.69, 9.17) is 16.1 Å². The maximum atomic E-state index is 16.8. The van der Waals surface area contributed by atoms with Crippen molar-refractivity contribution in [1.29, 1.82) is 0 Å². The quantitative estimate of drug-likeness (QED) is 0.290. The first-order chi connectivity index (χ1) is 20.9. The number of anilines is 1. The van der Waals surface area contributed by atoms with E-state index in [9.17, 15) is 5.11 Å². The molecule has 4 aliphatic rings. The summed E-state index contributed by atoms with van der Waals surface area (Å²) >= 11 is 0. The molecule has 1 aromatic heterocycles. The molecule has 1 saturated carbocycles. The Kier molecular flexibility index (Phi) is 6.21. The number of fused-ring (bicyclic) bond motifs is 4. The number of benzene rings is 3. The van der Waals surface area contributed by atoms with Crippen LogP contribution in [0.2, 0.25) is 0 Å². The number of aromatic hydroxyl groups is 1. The predicted molar refractivity (Wildman–Crippen MR) is 162 cm³/mol. The zero-order chi connectivity index (χ0) is 29.3. The normalized spacial score (nSPS) is 22.5. The summed E-state index contributed by atoms with van der Waals surface area (Å²) in [6, 6.07) is 10.1. The number of piperazine rings is 1. The summed E-state index contributed by atoms with van der Waals surface area (Å²) in [5, 5.41) is 15.5. The molecule has 220 valence electrons. The van der Waals surface area contributed by atoms with E-state index in [1.54, 1.807) is 18.2 Å². The summed E-state index contributed by atoms with van der Waals surface area (Å²) in [6.07, 6.45) is 11.3. The van der Waals surface area contributed by atoms with Gasteiger partial charge in [-0.2, -0.15) is 9.97 Å². The number of hydrogen-bond donors (Lipinski definition) is 2. The molecular formula is C34H33F2N5O2. The first kappa shape index (κ1) is 26.6. The minimum absolute atomic E-state index is 0.00967. The molecule has 4 aromatic rings. The summed E-state index contributed by atoms with van der Waals surface area (Å²) in [6.45, 7) is 5.06. The Hall–Kier alpha value is -4.00. The lowest BCUT2D eigenvalue weighted by atomic mass is 9.93. The maximum Gasteiger partial charge on any atom is 0.319 e. The topological polar surface area (TPSA) is 73.8 Å². The molecule has 9 heteroatoms. The highest BCUT2D eigenvalue weighted by Crippen LogP contribution is 2.47. The number of ether oxygens (including phenoxy) is 1. The lowest BCUT2D eigenvalue weighted by Crippen LogP contribution is -2.51. The summed E-state index contributed by atoms with van der Waals surface area (Å²) in [4.78, 5) is 13.9. The molecule has 7 nitrogen and oxygen atoms in total. The largest absolute Gasteiger partial charge is 0.508 e. The molecule has 2 unspecified atom stereocenters. The molecule has 1 aliphatic carbocycles. The second-order valence-electron chi connectivity index (χ2n) is 12.8. The molecule has 2 N–H and O–H groups in total. The van der Waals surface area contributed by atoms with Crippen molar-refractivity contribution in [2.24, 2.45) is 5.41 Å². The molecule has 3 aliphatic heterocycles. The number of nitrogens with zero attached hydrogens (tertiary/aromatic N) is 4. The Morgan fingerprint density at radius 2 is 1.88 bits per heavy atom. The molecule has 0 amide bonds. The van der Waals surface area contributed by atoms with Crippen molar-refractivity contribution in [3.8, 4) is 35.2 Å². The number of nitrogens with one attached hydrogen (secondary N) is 1. The highest BCUT2D eigenvalue weighted by Gasteiger charge is 2.46. The Balaban J connectivity index is 1.27. The number of likely N-dealkylation sites (tertiary alicyclic amines) is 1. The van der Waals surface area contributed by atoms with Gasteiger partial charge in [0.15, 0.2) is 5.82 Å². The van der Waals surface area contributed by atoms with Crippen LogP contribution in [0.5, 0.6) is 11.8 Å². The first-order valence-corrected chi connectivity index (χ1v) is 15.2. The molecular weight excluding hydrogens is 548 g/mol. The van der Waals surface area contributed by atoms with Crippen LogP contribution in [0.15, 0.2) is 36.4 Å². The third-order valence-corrected chi connectivity index (χ3v) is 9.72. The van der Waals surface area contributed by atoms with Gasteiger partial charge in [0, 0.05) is 59.0 Å². The summed E-state index contributed by atoms with van der Waals surface area (Å²) in [5.74, 6) is 1.39. The minimum atomic E-state index is -0.831. The van der Waals surface area contributed by atoms with E-state index in [2.05, 4.69) is 26.0 Å². The molecule has 43 heavy (non-hydrogen) atoms. The van der Waals surface area contributed by atoms with Crippen LogP contribution in [0.3, 0.4) is 0 Å². The van der Waals surface area contributed by atoms with Gasteiger partial charge in [-0.15, -0.1) is 6.42 Å². The van der Waals surface area contributed by atoms with Crippen LogP contribution in [-0.4, -0.2) is 71.4 Å². The van der Waals surface area contributed by atoms with Gasteiger partial charge in [-0.25, -0.2) is 8.78 Å². The third kappa shape index (κ3) is 4.64. The Labute approximate surface area is 248 Å². The van der Waals surface area contributed by atoms with Crippen LogP contribution in [-0.2, 0) is 0 Å². The Morgan fingerprint density at radius 1 is 1.09 bits per heavy atom. The number of phenolic OH excluding ortho intramolecular Hbond substituents is 1. The number of phenols is 1. The number of terminal acetylenes is 1. The molecule has 0 radical (unpaired) electrons. The first-order valence-electron chi connectivity index (χ1n) is 15.2. The van der Waals surface area contributed by atoms with E-state index >= 15 is 8.78 Å². The van der Waals surface area contributed by atoms with Crippen molar-refractivity contribution in [3.05, 3.63) is 53.6 Å². The zero-order valence-corrected chi connectivity index (χ0v) is 23.9. The summed E-state index contributed by atoms with van der Waals surface area (Å²) < 4.78 is 39.2. The lowest BCUT2D eigenvalue weighted by Gasteiger charge is -2.35. The van der Waals surface area contributed by atoms with Gasteiger partial charge in [0.05, 0.1) is 12.2 Å². The van der Waals surface area contributed by atoms with E-state index in [-0.39, 0.29) is 33.8 Å². The van der Waals surface area contributed by atoms with E-state index in [0.717, 1.165) is 45.3 Å². The molecule has 2 atom stereocenters. The number of aromatic nitrogens is 2. The van der Waals surface area contributed by atoms with Crippen molar-refractivity contribution in [2.45, 2.75) is 44.2 Å². The monoisotopic (exact) mass is 581 g/mol. The van der Waals surface area contributed by atoms with Gasteiger partial charge in [0.2, 0.25) is 0 Å². The Morgan fingerprint density at radius 3 is 2.58 bits per heavy atom. The van der Waals surface area contributed by atoms with Crippen LogP contribution in [0, 0.1) is 29.4 Å². The van der Waals surface area contributed by atoms with Crippen LogP contribution in [0.1, 0.15) is 37.7 Å². The van der Waals surface area contributed by atoms with Crippen LogP contribution < -0.4 is 15.0 Å². The van der Waals surface area contributed by atoms with Gasteiger partial charge in [-0.1, -0.05) is 18.1 Å². The van der Waals surface area contributed by atoms with Crippen molar-refractivity contribution >= 4 is 27.5 Å². The second-order valence-corrected chi connectivity index (χ2v) is 12.8. The molecule has 4 fully saturated rings. The average Bonchev–Trinajstić information content (AvgIpc) is 3.67. The van der Waals surface area contributed by atoms with Gasteiger partial charge in [-0.3, -0.25) is 0 Å². The molecule has 2 bridgehead atoms. The minimum Gasteiger partial charge on any atom is -0.508 e. The maximum absolute atomic E-state index is 16.8. The number of halogens is 2. The standard InChI is InChI=1S/C34H33F2N5O2/c1-2-20-5-3-6-21-13-24(42)14-25(28(20)21)29-27(35)15-26-31(30(29)36)38-33(43-19-34(9-10-34)18-40-11-4-12-40)39-32(26)41-16-22-7-8-23(17-41)37-22/h1,3,5-6,13-15,22-23,37,42H,4,7-12,16-19H2. The Bertz CT molecular complexity index is 1800. The predicted octanol–water partition coefficient (Wildman–Crippen LogP) is 5.22. The van der Waals surface area contributed by atoms with Gasteiger partial charge in [-0.05, 0) is 74.8 Å². The van der Waals surface area contributed by atoms with Gasteiger partial charge in [0.1, 0.15) is 22.9 Å². The van der Waals surface area contributed by atoms with Crippen molar-refractivity contribution in [2.75, 3.05) is 44.2 Å². The zero-order valence-electron chi connectivity index (χ0n) is 23.9. The van der Waals surface area contributed by atoms with E-state index < -0.39 is 11.6 Å². The van der Waals surface area contributed by atoms with Gasteiger partial charge >= 0.3 is 6.01 Å². The smallest absolute Gasteiger partial charge is 0.319 e. The van der Waals surface area contributed by atoms with Crippen molar-refractivity contribution < 1.29 is 18.6 Å². The van der Waals surface area contributed by atoms with Crippen molar-refractivity contribution in [1.82, 2.24) is 20.2 Å². The van der Waals surface area contributed by atoms with Gasteiger partial charge < -0.3 is 25.0 Å². The second kappa shape index (κ2) is 10.0. The molecule has 4 heterocycles. The van der Waals surface area contributed by atoms with Crippen LogP contribution >= 0.6 is 0 Å². The van der Waals surface area contributed by atoms with E-state index in [0.29, 0.717) is 59.3 Å². The average molecular weight is 582 g/mol. The van der Waals surface area contributed by atoms with Gasteiger partial charge in [0.25, 0.3) is 0 Å². The van der Waals surface area contributed by atoms with E-state index in [1.807, 2.05) is 0 Å². The summed E-state index contributed by atoms with van der Waals surface area (Å²) in [5.41, 5.74) is 0.431. The highest BCUT2D eigenvalue weighted by atomic mass is 19.1. The fourth-order valence-corrected chi connectivity index (χ4v) is 7.17. The molecule has 0 spiro atoms. The lowest BCUT2D eigenvalue weighted by molar-refractivity contribution is 0.111. The van der Waals surface area contributed by atoms with E-state index in [1.165, 1.54) is 24.6 Å². The fourth-order valence-electron chi connectivity index (χ4n) is 7.17. The van der Waals surface area contributed by atoms with Crippen LogP contribution in [0.25, 0.3) is 32.8 Å². The molecule has 8 rings (SSSR count). The SMILES string of the molecule is C#Cc1cccc2cc(O)cc(-c3c(F)cc4c(N5CC6CCC(C5)N6)nc(OCC5(CN6CCC6)CC5)nc4c3F)c12. The number of rotatable bonds is 7. The third-order valence-electron chi connectivity index (χ3n) is 9.72. The number of hydrogen-bond acceptors (Lipinski definition) is 7.